The number of nitrogens with one attached hydrogen (secondary N) is 1. The summed E-state index contributed by atoms with van der Waals surface area (Å²) < 4.78 is 5.86. The first-order chi connectivity index (χ1) is 11.4. The van der Waals surface area contributed by atoms with Gasteiger partial charge in [-0.25, -0.2) is 4.79 Å². The van der Waals surface area contributed by atoms with E-state index >= 15 is 0 Å². The number of benzene rings is 1. The van der Waals surface area contributed by atoms with Crippen LogP contribution in [-0.2, 0) is 9.53 Å². The van der Waals surface area contributed by atoms with Crippen LogP contribution in [0.2, 0.25) is 0 Å². The van der Waals surface area contributed by atoms with Crippen LogP contribution in [0.1, 0.15) is 50.4 Å². The van der Waals surface area contributed by atoms with Crippen LogP contribution < -0.4 is 11.1 Å². The Labute approximate surface area is 143 Å². The maximum absolute atomic E-state index is 12.7. The minimum absolute atomic E-state index is 0.0699. The van der Waals surface area contributed by atoms with Crippen LogP contribution in [0.5, 0.6) is 0 Å². The first-order valence-electron chi connectivity index (χ1n) is 8.72. The van der Waals surface area contributed by atoms with Gasteiger partial charge in [-0.2, -0.15) is 0 Å². The number of carbonyl (C=O) groups excluding carboxylic acids is 2. The lowest BCUT2D eigenvalue weighted by Gasteiger charge is -2.36. The highest BCUT2D eigenvalue weighted by molar-refractivity contribution is 6.01. The van der Waals surface area contributed by atoms with Gasteiger partial charge in [0.05, 0.1) is 17.8 Å². The van der Waals surface area contributed by atoms with Crippen molar-refractivity contribution in [3.8, 4) is 0 Å². The highest BCUT2D eigenvalue weighted by Crippen LogP contribution is 2.36. The quantitative estimate of drug-likeness (QED) is 0.811. The van der Waals surface area contributed by atoms with E-state index in [2.05, 4.69) is 26.1 Å². The lowest BCUT2D eigenvalue weighted by atomic mass is 9.75. The van der Waals surface area contributed by atoms with E-state index in [1.165, 1.54) is 6.42 Å². The van der Waals surface area contributed by atoms with Crippen molar-refractivity contribution < 1.29 is 14.3 Å². The fourth-order valence-corrected chi connectivity index (χ4v) is 3.42. The molecule has 2 rings (SSSR count). The van der Waals surface area contributed by atoms with Gasteiger partial charge in [0.15, 0.2) is 0 Å². The van der Waals surface area contributed by atoms with E-state index in [9.17, 15) is 9.59 Å². The Morgan fingerprint density at radius 2 is 2.00 bits per heavy atom. The van der Waals surface area contributed by atoms with Gasteiger partial charge in [-0.3, -0.25) is 4.79 Å². The van der Waals surface area contributed by atoms with Crippen molar-refractivity contribution in [2.45, 2.75) is 46.1 Å². The highest BCUT2D eigenvalue weighted by Gasteiger charge is 2.34. The number of hydrogen-bond donors (Lipinski definition) is 2. The topological polar surface area (TPSA) is 81.4 Å². The molecule has 0 aliphatic heterocycles. The smallest absolute Gasteiger partial charge is 0.340 e. The molecule has 0 aromatic heterocycles. The van der Waals surface area contributed by atoms with Crippen LogP contribution in [0.15, 0.2) is 24.3 Å². The van der Waals surface area contributed by atoms with Crippen molar-refractivity contribution in [2.75, 3.05) is 11.9 Å². The zero-order valence-corrected chi connectivity index (χ0v) is 14.7. The number of nitrogens with two attached hydrogens (primary N) is 1. The largest absolute Gasteiger partial charge is 0.458 e. The van der Waals surface area contributed by atoms with Crippen molar-refractivity contribution in [1.29, 1.82) is 0 Å². The molecule has 3 N–H and O–H groups in total. The Kier molecular flexibility index (Phi) is 6.37. The van der Waals surface area contributed by atoms with Gasteiger partial charge < -0.3 is 15.8 Å². The van der Waals surface area contributed by atoms with Gasteiger partial charge >= 0.3 is 5.97 Å². The van der Waals surface area contributed by atoms with E-state index < -0.39 is 0 Å². The predicted octanol–water partition coefficient (Wildman–Crippen LogP) is 3.20. The van der Waals surface area contributed by atoms with Crippen molar-refractivity contribution in [1.82, 2.24) is 0 Å². The molecular weight excluding hydrogens is 304 g/mol. The van der Waals surface area contributed by atoms with Crippen LogP contribution in [0, 0.1) is 17.8 Å². The first kappa shape index (κ1) is 18.5. The van der Waals surface area contributed by atoms with Gasteiger partial charge in [0.1, 0.15) is 6.10 Å². The lowest BCUT2D eigenvalue weighted by molar-refractivity contribution is -0.114. The second kappa shape index (κ2) is 8.29. The molecule has 24 heavy (non-hydrogen) atoms. The standard InChI is InChI=1S/C19H28N2O3/c1-12(2)14-9-8-13(3)10-17(14)24-19(23)15-6-4-5-7-16(15)21-18(22)11-20/h4-7,12-14,17H,8-11,20H2,1-3H3,(H,21,22)/t13?,14-,17?/m0/s1. The Balaban J connectivity index is 2.15. The van der Waals surface area contributed by atoms with Gasteiger partial charge in [-0.05, 0) is 42.7 Å². The molecule has 5 nitrogen and oxygen atoms in total. The Hall–Kier alpha value is -1.88. The molecule has 1 fully saturated rings. The summed E-state index contributed by atoms with van der Waals surface area (Å²) in [5.74, 6) is 0.706. The third kappa shape index (κ3) is 4.57. The second-order valence-corrected chi connectivity index (χ2v) is 7.07. The molecular formula is C19H28N2O3. The summed E-state index contributed by atoms with van der Waals surface area (Å²) in [6, 6.07) is 6.89. The molecule has 1 aliphatic rings. The molecule has 1 aliphatic carbocycles. The Bertz CT molecular complexity index is 586. The van der Waals surface area contributed by atoms with E-state index in [0.717, 1.165) is 12.8 Å². The van der Waals surface area contributed by atoms with E-state index in [1.807, 2.05) is 0 Å². The van der Waals surface area contributed by atoms with Crippen molar-refractivity contribution in [2.24, 2.45) is 23.5 Å². The molecule has 1 aromatic carbocycles. The molecule has 2 unspecified atom stereocenters. The summed E-state index contributed by atoms with van der Waals surface area (Å²) in [5.41, 5.74) is 6.16. The molecule has 0 saturated heterocycles. The lowest BCUT2D eigenvalue weighted by Crippen LogP contribution is -2.36. The van der Waals surface area contributed by atoms with Crippen LogP contribution in [-0.4, -0.2) is 24.5 Å². The molecule has 0 spiro atoms. The van der Waals surface area contributed by atoms with Crippen molar-refractivity contribution in [3.05, 3.63) is 29.8 Å². The summed E-state index contributed by atoms with van der Waals surface area (Å²) in [6.07, 6.45) is 3.09. The Morgan fingerprint density at radius 3 is 2.67 bits per heavy atom. The average Bonchev–Trinajstić information content (AvgIpc) is 2.54. The van der Waals surface area contributed by atoms with Gasteiger partial charge in [-0.1, -0.05) is 39.3 Å². The number of para-hydroxylation sites is 1. The van der Waals surface area contributed by atoms with E-state index in [-0.39, 0.29) is 24.5 Å². The summed E-state index contributed by atoms with van der Waals surface area (Å²) in [5, 5.41) is 2.66. The van der Waals surface area contributed by atoms with Gasteiger partial charge in [-0.15, -0.1) is 0 Å². The van der Waals surface area contributed by atoms with Gasteiger partial charge in [0.2, 0.25) is 5.91 Å². The number of hydrogen-bond acceptors (Lipinski definition) is 4. The van der Waals surface area contributed by atoms with Crippen LogP contribution >= 0.6 is 0 Å². The SMILES string of the molecule is CC1CC[C@@H](C(C)C)C(OC(=O)c2ccccc2NC(=O)CN)C1. The number of carbonyl (C=O) groups is 2. The zero-order chi connectivity index (χ0) is 17.7. The second-order valence-electron chi connectivity index (χ2n) is 7.07. The molecule has 1 amide bonds. The maximum Gasteiger partial charge on any atom is 0.340 e. The van der Waals surface area contributed by atoms with Crippen molar-refractivity contribution >= 4 is 17.6 Å². The number of anilines is 1. The summed E-state index contributed by atoms with van der Waals surface area (Å²) >= 11 is 0. The van der Waals surface area contributed by atoms with E-state index in [0.29, 0.717) is 29.0 Å². The summed E-state index contributed by atoms with van der Waals surface area (Å²) in [7, 11) is 0. The third-order valence-corrected chi connectivity index (χ3v) is 4.83. The fraction of sp³-hybridized carbons (Fsp3) is 0.579. The molecule has 0 radical (unpaired) electrons. The highest BCUT2D eigenvalue weighted by atomic mass is 16.5. The van der Waals surface area contributed by atoms with E-state index in [4.69, 9.17) is 10.5 Å². The average molecular weight is 332 g/mol. The van der Waals surface area contributed by atoms with Gasteiger partial charge in [0, 0.05) is 0 Å². The van der Waals surface area contributed by atoms with Crippen LogP contribution in [0.4, 0.5) is 5.69 Å². The molecule has 5 heteroatoms. The minimum Gasteiger partial charge on any atom is -0.458 e. The third-order valence-electron chi connectivity index (χ3n) is 4.83. The maximum atomic E-state index is 12.7. The molecule has 1 saturated carbocycles. The molecule has 0 heterocycles. The monoisotopic (exact) mass is 332 g/mol. The Morgan fingerprint density at radius 1 is 1.29 bits per heavy atom. The van der Waals surface area contributed by atoms with E-state index in [1.54, 1.807) is 24.3 Å². The first-order valence-corrected chi connectivity index (χ1v) is 8.72. The fourth-order valence-electron chi connectivity index (χ4n) is 3.42. The minimum atomic E-state index is -0.382. The number of esters is 1. The van der Waals surface area contributed by atoms with Crippen LogP contribution in [0.3, 0.4) is 0 Å². The molecule has 1 aromatic rings. The van der Waals surface area contributed by atoms with Crippen LogP contribution in [0.25, 0.3) is 0 Å². The molecule has 0 bridgehead atoms. The predicted molar refractivity (Wildman–Crippen MR) is 94.7 cm³/mol. The number of amides is 1. The molecule has 3 atom stereocenters. The number of ether oxygens (including phenoxy) is 1. The number of rotatable bonds is 5. The summed E-state index contributed by atoms with van der Waals surface area (Å²) in [4.78, 5) is 24.2. The summed E-state index contributed by atoms with van der Waals surface area (Å²) in [6.45, 7) is 6.43. The molecule has 132 valence electrons. The van der Waals surface area contributed by atoms with Crippen molar-refractivity contribution in [3.63, 3.8) is 0 Å². The zero-order valence-electron chi connectivity index (χ0n) is 14.7. The van der Waals surface area contributed by atoms with Gasteiger partial charge in [0.25, 0.3) is 0 Å². The normalized spacial score (nSPS) is 23.8.